The van der Waals surface area contributed by atoms with Crippen molar-refractivity contribution in [1.82, 2.24) is 15.3 Å². The van der Waals surface area contributed by atoms with Gasteiger partial charge in [-0.05, 0) is 46.5 Å². The Kier molecular flexibility index (Phi) is 11.6. The van der Waals surface area contributed by atoms with Crippen LogP contribution >= 0.6 is 0 Å². The number of carbonyl (C=O) groups is 3. The molecule has 2 amide bonds. The van der Waals surface area contributed by atoms with Crippen molar-refractivity contribution in [2.45, 2.75) is 91.7 Å². The lowest BCUT2D eigenvalue weighted by Crippen LogP contribution is -2.40. The third-order valence-electron chi connectivity index (χ3n) is 5.36. The lowest BCUT2D eigenvalue weighted by molar-refractivity contribution is 0.0497. The number of amides is 2. The first-order valence-corrected chi connectivity index (χ1v) is 12.0. The van der Waals surface area contributed by atoms with Crippen LogP contribution in [-0.2, 0) is 9.47 Å². The van der Waals surface area contributed by atoms with Crippen LogP contribution in [0.1, 0.15) is 113 Å². The van der Waals surface area contributed by atoms with Gasteiger partial charge in [-0.3, -0.25) is 4.79 Å². The third kappa shape index (κ3) is 9.35. The molecular formula is C25H40N4O7. The lowest BCUT2D eigenvalue weighted by atomic mass is 9.93. The Balaban J connectivity index is 0.000000397. The average Bonchev–Trinajstić information content (AvgIpc) is 3.43. The van der Waals surface area contributed by atoms with Crippen molar-refractivity contribution >= 4 is 18.0 Å². The lowest BCUT2D eigenvalue weighted by Gasteiger charge is -2.24. The maximum absolute atomic E-state index is 11.8. The van der Waals surface area contributed by atoms with Gasteiger partial charge in [-0.2, -0.15) is 0 Å². The van der Waals surface area contributed by atoms with Crippen LogP contribution in [0.2, 0.25) is 0 Å². The number of nitrogens with two attached hydrogens (primary N) is 1. The van der Waals surface area contributed by atoms with Gasteiger partial charge < -0.3 is 29.4 Å². The zero-order valence-electron chi connectivity index (χ0n) is 22.7. The molecule has 11 nitrogen and oxygen atoms in total. The summed E-state index contributed by atoms with van der Waals surface area (Å²) in [6, 6.07) is -0.260. The Hall–Kier alpha value is -3.37. The summed E-state index contributed by atoms with van der Waals surface area (Å²) >= 11 is 0. The zero-order chi connectivity index (χ0) is 27.6. The van der Waals surface area contributed by atoms with Crippen LogP contribution in [0.3, 0.4) is 0 Å². The predicted molar refractivity (Wildman–Crippen MR) is 133 cm³/mol. The highest BCUT2D eigenvalue weighted by molar-refractivity contribution is 5.90. The van der Waals surface area contributed by atoms with Crippen molar-refractivity contribution in [2.75, 3.05) is 7.11 Å². The second kappa shape index (κ2) is 13.6. The molecule has 0 fully saturated rings. The van der Waals surface area contributed by atoms with Crippen molar-refractivity contribution in [3.8, 4) is 0 Å². The minimum Gasteiger partial charge on any atom is -0.464 e. The number of methoxy groups -OCH3 is 1. The summed E-state index contributed by atoms with van der Waals surface area (Å²) in [6.45, 7) is 15.4. The number of hydrogen-bond acceptors (Lipinski definition) is 9. The van der Waals surface area contributed by atoms with Gasteiger partial charge in [0.25, 0.3) is 5.91 Å². The maximum atomic E-state index is 11.8. The van der Waals surface area contributed by atoms with Gasteiger partial charge in [0.05, 0.1) is 13.0 Å². The van der Waals surface area contributed by atoms with Crippen molar-refractivity contribution in [2.24, 2.45) is 11.7 Å². The summed E-state index contributed by atoms with van der Waals surface area (Å²) in [6.07, 6.45) is 3.69. The van der Waals surface area contributed by atoms with Crippen LogP contribution in [-0.4, -0.2) is 46.7 Å². The van der Waals surface area contributed by atoms with E-state index >= 15 is 0 Å². The molecule has 0 aliphatic carbocycles. The molecule has 0 radical (unpaired) electrons. The zero-order valence-corrected chi connectivity index (χ0v) is 22.7. The van der Waals surface area contributed by atoms with E-state index in [9.17, 15) is 14.4 Å². The second-order valence-electron chi connectivity index (χ2n) is 9.71. The van der Waals surface area contributed by atoms with Crippen LogP contribution in [0.15, 0.2) is 21.4 Å². The molecule has 2 aromatic heterocycles. The molecule has 0 saturated carbocycles. The Morgan fingerprint density at radius 3 is 1.89 bits per heavy atom. The van der Waals surface area contributed by atoms with Crippen LogP contribution in [0.25, 0.3) is 0 Å². The number of esters is 1. The fourth-order valence-electron chi connectivity index (χ4n) is 3.49. The predicted octanol–water partition coefficient (Wildman–Crippen LogP) is 4.79. The number of aromatic nitrogens is 2. The molecule has 3 N–H and O–H groups in total. The van der Waals surface area contributed by atoms with Crippen LogP contribution < -0.4 is 11.1 Å². The van der Waals surface area contributed by atoms with Gasteiger partial charge in [-0.1, -0.05) is 27.7 Å². The minimum atomic E-state index is -0.563. The van der Waals surface area contributed by atoms with Crippen molar-refractivity contribution in [1.29, 1.82) is 0 Å². The first-order chi connectivity index (χ1) is 16.7. The standard InChI is InChI=1S/C15H24N2O5.C10H16N2O2/c1-7-10(9(2)16-14(19)22-15(3,4)5)12-17-11(8-21-12)13(18)20-6;1-4-7(6(2)3)10-12-8(5-14-10)9(11)13/h8-10H,7H2,1-6H3,(H,16,19);5-7H,4H2,1-3H3,(H2,11,13)/t9-,10-;7-/m11/s1. The van der Waals surface area contributed by atoms with E-state index in [1.807, 2.05) is 13.8 Å². The summed E-state index contributed by atoms with van der Waals surface area (Å²) in [5.41, 5.74) is 4.84. The van der Waals surface area contributed by atoms with Crippen molar-refractivity contribution in [3.63, 3.8) is 0 Å². The highest BCUT2D eigenvalue weighted by Gasteiger charge is 2.27. The number of primary amides is 1. The Bertz CT molecular complexity index is 991. The smallest absolute Gasteiger partial charge is 0.407 e. The molecule has 0 aromatic carbocycles. The Morgan fingerprint density at radius 2 is 1.47 bits per heavy atom. The van der Waals surface area contributed by atoms with E-state index in [0.717, 1.165) is 6.42 Å². The van der Waals surface area contributed by atoms with Gasteiger partial charge >= 0.3 is 12.1 Å². The number of oxazole rings is 2. The highest BCUT2D eigenvalue weighted by Crippen LogP contribution is 2.27. The van der Waals surface area contributed by atoms with Gasteiger partial charge in [0.15, 0.2) is 23.2 Å². The Morgan fingerprint density at radius 1 is 0.972 bits per heavy atom. The average molecular weight is 509 g/mol. The summed E-state index contributed by atoms with van der Waals surface area (Å²) in [5.74, 6) is 0.410. The molecule has 0 spiro atoms. The minimum absolute atomic E-state index is 0.111. The van der Waals surface area contributed by atoms with E-state index in [1.165, 1.54) is 19.6 Å². The van der Waals surface area contributed by atoms with E-state index in [0.29, 0.717) is 24.1 Å². The number of nitrogens with one attached hydrogen (secondary N) is 1. The Labute approximate surface area is 212 Å². The molecule has 36 heavy (non-hydrogen) atoms. The summed E-state index contributed by atoms with van der Waals surface area (Å²) in [7, 11) is 1.28. The monoisotopic (exact) mass is 508 g/mol. The van der Waals surface area contributed by atoms with Gasteiger partial charge in [-0.25, -0.2) is 19.6 Å². The molecule has 0 unspecified atom stereocenters. The van der Waals surface area contributed by atoms with Crippen LogP contribution in [0.4, 0.5) is 4.79 Å². The molecule has 0 aliphatic heterocycles. The first kappa shape index (κ1) is 30.7. The summed E-state index contributed by atoms with van der Waals surface area (Å²) in [4.78, 5) is 42.2. The highest BCUT2D eigenvalue weighted by atomic mass is 16.6. The SMILES string of the molecule is CC[C@@H](c1nc(C(=O)OC)co1)[C@@H](C)NC(=O)OC(C)(C)C.CC[C@@H](c1nc(C(N)=O)co1)C(C)C. The molecular weight excluding hydrogens is 468 g/mol. The number of alkyl carbamates (subject to hydrolysis) is 1. The normalized spacial score (nSPS) is 13.7. The molecule has 11 heteroatoms. The molecule has 2 heterocycles. The van der Waals surface area contributed by atoms with E-state index in [2.05, 4.69) is 40.8 Å². The van der Waals surface area contributed by atoms with E-state index in [-0.39, 0.29) is 29.3 Å². The van der Waals surface area contributed by atoms with Gasteiger partial charge in [-0.15, -0.1) is 0 Å². The molecule has 0 bridgehead atoms. The largest absolute Gasteiger partial charge is 0.464 e. The maximum Gasteiger partial charge on any atom is 0.407 e. The van der Waals surface area contributed by atoms with E-state index in [4.69, 9.17) is 19.3 Å². The molecule has 2 aromatic rings. The molecule has 202 valence electrons. The summed E-state index contributed by atoms with van der Waals surface area (Å²) < 4.78 is 20.4. The quantitative estimate of drug-likeness (QED) is 0.454. The fraction of sp³-hybridized carbons (Fsp3) is 0.640. The first-order valence-electron chi connectivity index (χ1n) is 12.0. The number of nitrogens with zero attached hydrogens (tertiary/aromatic N) is 2. The topological polar surface area (TPSA) is 160 Å². The molecule has 0 aliphatic rings. The molecule has 3 atom stereocenters. The van der Waals surface area contributed by atoms with Gasteiger partial charge in [0, 0.05) is 12.0 Å². The van der Waals surface area contributed by atoms with Gasteiger partial charge in [0.1, 0.15) is 18.1 Å². The van der Waals surface area contributed by atoms with Crippen LogP contribution in [0, 0.1) is 5.92 Å². The van der Waals surface area contributed by atoms with Gasteiger partial charge in [0.2, 0.25) is 0 Å². The number of ether oxygens (including phenoxy) is 2. The molecule has 2 rings (SSSR count). The molecule has 0 saturated heterocycles. The second-order valence-corrected chi connectivity index (χ2v) is 9.71. The number of hydrogen-bond donors (Lipinski definition) is 2. The van der Waals surface area contributed by atoms with E-state index < -0.39 is 23.6 Å². The van der Waals surface area contributed by atoms with E-state index in [1.54, 1.807) is 20.8 Å². The summed E-state index contributed by atoms with van der Waals surface area (Å²) in [5, 5.41) is 2.76. The number of rotatable bonds is 9. The number of carbonyl (C=O) groups excluding carboxylic acids is 3. The van der Waals surface area contributed by atoms with Crippen molar-refractivity contribution in [3.05, 3.63) is 35.7 Å². The fourth-order valence-corrected chi connectivity index (χ4v) is 3.49. The van der Waals surface area contributed by atoms with Crippen LogP contribution in [0.5, 0.6) is 0 Å². The van der Waals surface area contributed by atoms with Crippen molar-refractivity contribution < 1.29 is 32.7 Å². The third-order valence-corrected chi connectivity index (χ3v) is 5.36.